The lowest BCUT2D eigenvalue weighted by Gasteiger charge is -2.28. The Balaban J connectivity index is 1.85. The minimum atomic E-state index is -3.93. The van der Waals surface area contributed by atoms with Gasteiger partial charge in [-0.1, -0.05) is 50.2 Å². The fourth-order valence-corrected chi connectivity index (χ4v) is 5.87. The smallest absolute Gasteiger partial charge is 0.243 e. The van der Waals surface area contributed by atoms with E-state index in [1.54, 1.807) is 28.4 Å². The molecular formula is C26H31N3O4S2. The van der Waals surface area contributed by atoms with Gasteiger partial charge in [0.2, 0.25) is 21.8 Å². The first-order valence-electron chi connectivity index (χ1n) is 11.4. The predicted molar refractivity (Wildman–Crippen MR) is 139 cm³/mol. The van der Waals surface area contributed by atoms with Gasteiger partial charge in [-0.2, -0.15) is 4.31 Å². The molecule has 0 aliphatic carbocycles. The van der Waals surface area contributed by atoms with E-state index in [0.29, 0.717) is 18.8 Å². The van der Waals surface area contributed by atoms with Crippen molar-refractivity contribution in [1.29, 1.82) is 0 Å². The van der Waals surface area contributed by atoms with Crippen LogP contribution in [-0.4, -0.2) is 42.5 Å². The zero-order valence-electron chi connectivity index (χ0n) is 20.2. The molecule has 186 valence electrons. The Labute approximate surface area is 211 Å². The minimum absolute atomic E-state index is 0.0242. The summed E-state index contributed by atoms with van der Waals surface area (Å²) in [6.45, 7) is 5.97. The number of amides is 2. The summed E-state index contributed by atoms with van der Waals surface area (Å²) in [5, 5.41) is 4.59. The Kier molecular flexibility index (Phi) is 9.20. The fraction of sp³-hybridized carbons (Fsp3) is 0.308. The molecule has 7 nitrogen and oxygen atoms in total. The molecule has 3 aromatic rings. The van der Waals surface area contributed by atoms with Crippen molar-refractivity contribution in [3.63, 3.8) is 0 Å². The van der Waals surface area contributed by atoms with Crippen molar-refractivity contribution in [2.45, 2.75) is 38.8 Å². The summed E-state index contributed by atoms with van der Waals surface area (Å²) in [5.74, 6) is -0.477. The first-order valence-corrected chi connectivity index (χ1v) is 13.7. The summed E-state index contributed by atoms with van der Waals surface area (Å²) >= 11 is 1.56. The van der Waals surface area contributed by atoms with Crippen LogP contribution in [0.4, 0.5) is 5.69 Å². The summed E-state index contributed by atoms with van der Waals surface area (Å²) < 4.78 is 28.3. The van der Waals surface area contributed by atoms with Crippen LogP contribution >= 0.6 is 11.3 Å². The van der Waals surface area contributed by atoms with Crippen molar-refractivity contribution in [3.8, 4) is 0 Å². The number of thiophene rings is 1. The van der Waals surface area contributed by atoms with Crippen LogP contribution in [-0.2, 0) is 32.7 Å². The van der Waals surface area contributed by atoms with Crippen molar-refractivity contribution < 1.29 is 18.0 Å². The molecule has 0 spiro atoms. The van der Waals surface area contributed by atoms with Gasteiger partial charge in [-0.15, -0.1) is 11.3 Å². The van der Waals surface area contributed by atoms with Gasteiger partial charge >= 0.3 is 0 Å². The van der Waals surface area contributed by atoms with Crippen LogP contribution in [0.15, 0.2) is 77.0 Å². The molecule has 0 bridgehead atoms. The SMILES string of the molecule is CC(=O)Nc1ccc(S(=O)(=O)N(CC(=O)N(Cc2ccccc2)Cc2cccs2)CC(C)C)cc1. The van der Waals surface area contributed by atoms with Gasteiger partial charge in [0.25, 0.3) is 0 Å². The number of anilines is 1. The summed E-state index contributed by atoms with van der Waals surface area (Å²) in [6, 6.07) is 19.6. The molecule has 1 N–H and O–H groups in total. The van der Waals surface area contributed by atoms with Gasteiger partial charge in [0.05, 0.1) is 18.0 Å². The average molecular weight is 514 g/mol. The second kappa shape index (κ2) is 12.1. The van der Waals surface area contributed by atoms with E-state index in [1.807, 2.05) is 61.7 Å². The third-order valence-electron chi connectivity index (χ3n) is 5.19. The number of rotatable bonds is 11. The molecule has 2 aromatic carbocycles. The van der Waals surface area contributed by atoms with Crippen LogP contribution in [0.3, 0.4) is 0 Å². The Morgan fingerprint density at radius 3 is 2.20 bits per heavy atom. The average Bonchev–Trinajstić information content (AvgIpc) is 3.32. The van der Waals surface area contributed by atoms with E-state index < -0.39 is 10.0 Å². The molecule has 0 radical (unpaired) electrons. The van der Waals surface area contributed by atoms with Crippen molar-refractivity contribution in [2.75, 3.05) is 18.4 Å². The van der Waals surface area contributed by atoms with E-state index in [4.69, 9.17) is 0 Å². The number of hydrogen-bond acceptors (Lipinski definition) is 5. The standard InChI is InChI=1S/C26H31N3O4S2/c1-20(2)16-29(35(32,33)25-13-11-23(12-14-25)27-21(3)30)19-26(31)28(18-24-10-7-15-34-24)17-22-8-5-4-6-9-22/h4-15,20H,16-19H2,1-3H3,(H,27,30). The summed E-state index contributed by atoms with van der Waals surface area (Å²) in [5.41, 5.74) is 1.48. The van der Waals surface area contributed by atoms with Gasteiger partial charge < -0.3 is 10.2 Å². The highest BCUT2D eigenvalue weighted by Crippen LogP contribution is 2.21. The Hall–Kier alpha value is -3.01. The van der Waals surface area contributed by atoms with Crippen LogP contribution in [0.1, 0.15) is 31.2 Å². The van der Waals surface area contributed by atoms with Gasteiger partial charge in [-0.3, -0.25) is 9.59 Å². The first-order chi connectivity index (χ1) is 16.6. The van der Waals surface area contributed by atoms with Crippen LogP contribution in [0.2, 0.25) is 0 Å². The summed E-state index contributed by atoms with van der Waals surface area (Å²) in [4.78, 5) is 27.6. The number of nitrogens with zero attached hydrogens (tertiary/aromatic N) is 2. The first kappa shape index (κ1) is 26.6. The summed E-state index contributed by atoms with van der Waals surface area (Å²) in [7, 11) is -3.93. The lowest BCUT2D eigenvalue weighted by molar-refractivity contribution is -0.132. The minimum Gasteiger partial charge on any atom is -0.332 e. The number of nitrogens with one attached hydrogen (secondary N) is 1. The predicted octanol–water partition coefficient (Wildman–Crippen LogP) is 4.58. The molecule has 0 unspecified atom stereocenters. The van der Waals surface area contributed by atoms with Gasteiger partial charge in [0, 0.05) is 30.6 Å². The van der Waals surface area contributed by atoms with Crippen molar-refractivity contribution in [1.82, 2.24) is 9.21 Å². The molecule has 1 aromatic heterocycles. The monoisotopic (exact) mass is 513 g/mol. The normalized spacial score (nSPS) is 11.6. The van der Waals surface area contributed by atoms with Gasteiger partial charge in [-0.05, 0) is 47.2 Å². The molecular weight excluding hydrogens is 482 g/mol. The second-order valence-electron chi connectivity index (χ2n) is 8.71. The lowest BCUT2D eigenvalue weighted by Crippen LogP contribution is -2.43. The molecule has 0 fully saturated rings. The topological polar surface area (TPSA) is 86.8 Å². The molecule has 0 saturated carbocycles. The van der Waals surface area contributed by atoms with Crippen molar-refractivity contribution in [3.05, 3.63) is 82.6 Å². The molecule has 0 atom stereocenters. The molecule has 9 heteroatoms. The highest BCUT2D eigenvalue weighted by molar-refractivity contribution is 7.89. The highest BCUT2D eigenvalue weighted by atomic mass is 32.2. The molecule has 1 heterocycles. The number of hydrogen-bond donors (Lipinski definition) is 1. The fourth-order valence-electron chi connectivity index (χ4n) is 3.60. The Bertz CT molecular complexity index is 1210. The maximum absolute atomic E-state index is 13.5. The van der Waals surface area contributed by atoms with E-state index >= 15 is 0 Å². The molecule has 0 aliphatic rings. The van der Waals surface area contributed by atoms with Crippen molar-refractivity contribution >= 4 is 38.9 Å². The van der Waals surface area contributed by atoms with Crippen molar-refractivity contribution in [2.24, 2.45) is 5.92 Å². The summed E-state index contributed by atoms with van der Waals surface area (Å²) in [6.07, 6.45) is 0. The maximum Gasteiger partial charge on any atom is 0.243 e. The lowest BCUT2D eigenvalue weighted by atomic mass is 10.2. The molecule has 3 rings (SSSR count). The molecule has 0 aliphatic heterocycles. The van der Waals surface area contributed by atoms with Gasteiger partial charge in [-0.25, -0.2) is 8.42 Å². The third kappa shape index (κ3) is 7.74. The Morgan fingerprint density at radius 2 is 1.63 bits per heavy atom. The zero-order chi connectivity index (χ0) is 25.4. The highest BCUT2D eigenvalue weighted by Gasteiger charge is 2.29. The number of carbonyl (C=O) groups excluding carboxylic acids is 2. The third-order valence-corrected chi connectivity index (χ3v) is 7.88. The van der Waals surface area contributed by atoms with Crippen LogP contribution in [0.5, 0.6) is 0 Å². The van der Waals surface area contributed by atoms with Gasteiger partial charge in [0.15, 0.2) is 0 Å². The van der Waals surface area contributed by atoms with E-state index in [-0.39, 0.29) is 35.7 Å². The number of carbonyl (C=O) groups is 2. The van der Waals surface area contributed by atoms with Crippen LogP contribution < -0.4 is 5.32 Å². The van der Waals surface area contributed by atoms with E-state index in [9.17, 15) is 18.0 Å². The van der Waals surface area contributed by atoms with Gasteiger partial charge in [0.1, 0.15) is 0 Å². The maximum atomic E-state index is 13.5. The molecule has 2 amide bonds. The van der Waals surface area contributed by atoms with Crippen LogP contribution in [0, 0.1) is 5.92 Å². The van der Waals surface area contributed by atoms with E-state index in [1.165, 1.54) is 23.4 Å². The largest absolute Gasteiger partial charge is 0.332 e. The van der Waals surface area contributed by atoms with Crippen LogP contribution in [0.25, 0.3) is 0 Å². The molecule has 0 saturated heterocycles. The second-order valence-corrected chi connectivity index (χ2v) is 11.7. The Morgan fingerprint density at radius 1 is 0.943 bits per heavy atom. The van der Waals surface area contributed by atoms with E-state index in [0.717, 1.165) is 10.4 Å². The zero-order valence-corrected chi connectivity index (χ0v) is 21.8. The molecule has 35 heavy (non-hydrogen) atoms. The number of benzene rings is 2. The quantitative estimate of drug-likeness (QED) is 0.407. The van der Waals surface area contributed by atoms with E-state index in [2.05, 4.69) is 5.32 Å². The number of sulfonamides is 1.